The maximum absolute atomic E-state index is 12.1. The molecule has 0 bridgehead atoms. The average molecular weight is 411 g/mol. The van der Waals surface area contributed by atoms with Crippen LogP contribution in [0.4, 0.5) is 10.5 Å². The molecule has 1 aliphatic heterocycles. The first kappa shape index (κ1) is 21.6. The molecule has 0 saturated carbocycles. The number of carbonyl (C=O) groups excluding carboxylic acids is 2. The van der Waals surface area contributed by atoms with Gasteiger partial charge in [-0.15, -0.1) is 0 Å². The summed E-state index contributed by atoms with van der Waals surface area (Å²) in [5, 5.41) is 5.69. The molecule has 1 fully saturated rings. The SMILES string of the molecule is CN(Cc1ccccc1)C(=O)NCCC(=O)NCc1ccc(N2CCOCC2)cc1. The Morgan fingerprint density at radius 1 is 0.967 bits per heavy atom. The van der Waals surface area contributed by atoms with E-state index >= 15 is 0 Å². The van der Waals surface area contributed by atoms with Crippen LogP contribution in [0.2, 0.25) is 0 Å². The minimum atomic E-state index is -0.189. The second-order valence-corrected chi connectivity index (χ2v) is 7.37. The summed E-state index contributed by atoms with van der Waals surface area (Å²) in [4.78, 5) is 28.1. The number of hydrogen-bond donors (Lipinski definition) is 2. The molecule has 30 heavy (non-hydrogen) atoms. The first-order valence-electron chi connectivity index (χ1n) is 10.3. The predicted molar refractivity (Wildman–Crippen MR) is 117 cm³/mol. The van der Waals surface area contributed by atoms with Crippen LogP contribution in [0.1, 0.15) is 17.5 Å². The van der Waals surface area contributed by atoms with Gasteiger partial charge in [-0.05, 0) is 23.3 Å². The molecule has 2 N–H and O–H groups in total. The zero-order valence-corrected chi connectivity index (χ0v) is 17.5. The molecule has 7 heteroatoms. The number of rotatable bonds is 8. The van der Waals surface area contributed by atoms with Crippen LogP contribution in [0.15, 0.2) is 54.6 Å². The number of hydrogen-bond acceptors (Lipinski definition) is 4. The van der Waals surface area contributed by atoms with Crippen LogP contribution in [0.25, 0.3) is 0 Å². The van der Waals surface area contributed by atoms with Crippen molar-refractivity contribution in [1.82, 2.24) is 15.5 Å². The van der Waals surface area contributed by atoms with E-state index in [0.717, 1.165) is 37.4 Å². The Hall–Kier alpha value is -3.06. The highest BCUT2D eigenvalue weighted by atomic mass is 16.5. The summed E-state index contributed by atoms with van der Waals surface area (Å²) >= 11 is 0. The number of nitrogens with zero attached hydrogens (tertiary/aromatic N) is 2. The van der Waals surface area contributed by atoms with Crippen molar-refractivity contribution in [3.63, 3.8) is 0 Å². The van der Waals surface area contributed by atoms with Gasteiger partial charge in [0.2, 0.25) is 5.91 Å². The molecule has 3 amide bonds. The van der Waals surface area contributed by atoms with Gasteiger partial charge in [0, 0.05) is 51.9 Å². The van der Waals surface area contributed by atoms with Gasteiger partial charge in [-0.1, -0.05) is 42.5 Å². The quantitative estimate of drug-likeness (QED) is 0.701. The Balaban J connectivity index is 1.33. The number of nitrogens with one attached hydrogen (secondary N) is 2. The molecule has 0 radical (unpaired) electrons. The number of ether oxygens (including phenoxy) is 1. The van der Waals surface area contributed by atoms with Crippen LogP contribution in [0.5, 0.6) is 0 Å². The summed E-state index contributed by atoms with van der Waals surface area (Å²) in [6.07, 6.45) is 0.247. The second kappa shape index (κ2) is 11.2. The van der Waals surface area contributed by atoms with Gasteiger partial charge in [-0.25, -0.2) is 4.79 Å². The van der Waals surface area contributed by atoms with Crippen molar-refractivity contribution in [1.29, 1.82) is 0 Å². The molecule has 1 aliphatic rings. The Kier molecular flexibility index (Phi) is 8.09. The third kappa shape index (κ3) is 6.77. The Morgan fingerprint density at radius 3 is 2.37 bits per heavy atom. The highest BCUT2D eigenvalue weighted by molar-refractivity contribution is 5.78. The van der Waals surface area contributed by atoms with Crippen molar-refractivity contribution in [3.05, 3.63) is 65.7 Å². The molecule has 2 aromatic carbocycles. The zero-order valence-electron chi connectivity index (χ0n) is 17.5. The molecule has 1 heterocycles. The molecule has 1 saturated heterocycles. The Labute approximate surface area is 178 Å². The number of morpholine rings is 1. The number of amides is 3. The zero-order chi connectivity index (χ0) is 21.2. The van der Waals surface area contributed by atoms with E-state index in [2.05, 4.69) is 27.7 Å². The van der Waals surface area contributed by atoms with Gasteiger partial charge in [-0.2, -0.15) is 0 Å². The first-order valence-corrected chi connectivity index (χ1v) is 10.3. The summed E-state index contributed by atoms with van der Waals surface area (Å²) < 4.78 is 5.38. The van der Waals surface area contributed by atoms with Crippen molar-refractivity contribution in [2.45, 2.75) is 19.5 Å². The first-order chi connectivity index (χ1) is 14.6. The van der Waals surface area contributed by atoms with Crippen LogP contribution in [-0.4, -0.2) is 56.7 Å². The van der Waals surface area contributed by atoms with Crippen molar-refractivity contribution in [2.75, 3.05) is 44.8 Å². The maximum atomic E-state index is 12.1. The topological polar surface area (TPSA) is 73.9 Å². The molecule has 160 valence electrons. The molecular formula is C23H30N4O3. The van der Waals surface area contributed by atoms with Crippen LogP contribution >= 0.6 is 0 Å². The van der Waals surface area contributed by atoms with Crippen LogP contribution in [-0.2, 0) is 22.6 Å². The van der Waals surface area contributed by atoms with Crippen LogP contribution in [0, 0.1) is 0 Å². The Morgan fingerprint density at radius 2 is 1.67 bits per heavy atom. The monoisotopic (exact) mass is 410 g/mol. The molecular weight excluding hydrogens is 380 g/mol. The number of benzene rings is 2. The van der Waals surface area contributed by atoms with Crippen LogP contribution in [0.3, 0.4) is 0 Å². The normalized spacial score (nSPS) is 13.6. The summed E-state index contributed by atoms with van der Waals surface area (Å²) in [6, 6.07) is 17.8. The summed E-state index contributed by atoms with van der Waals surface area (Å²) in [5.41, 5.74) is 3.29. The van der Waals surface area contributed by atoms with Gasteiger partial charge < -0.3 is 25.2 Å². The molecule has 2 aromatic rings. The highest BCUT2D eigenvalue weighted by Crippen LogP contribution is 2.16. The summed E-state index contributed by atoms with van der Waals surface area (Å²) in [7, 11) is 1.74. The minimum Gasteiger partial charge on any atom is -0.378 e. The van der Waals surface area contributed by atoms with E-state index in [1.165, 1.54) is 5.69 Å². The van der Waals surface area contributed by atoms with Gasteiger partial charge in [0.15, 0.2) is 0 Å². The average Bonchev–Trinajstić information content (AvgIpc) is 2.79. The van der Waals surface area contributed by atoms with E-state index < -0.39 is 0 Å². The van der Waals surface area contributed by atoms with Gasteiger partial charge in [0.25, 0.3) is 0 Å². The molecule has 0 spiro atoms. The van der Waals surface area contributed by atoms with Crippen molar-refractivity contribution in [2.24, 2.45) is 0 Å². The van der Waals surface area contributed by atoms with Gasteiger partial charge >= 0.3 is 6.03 Å². The van der Waals surface area contributed by atoms with Gasteiger partial charge in [-0.3, -0.25) is 4.79 Å². The van der Waals surface area contributed by atoms with E-state index in [-0.39, 0.29) is 18.4 Å². The number of carbonyl (C=O) groups is 2. The van der Waals surface area contributed by atoms with Gasteiger partial charge in [0.1, 0.15) is 0 Å². The number of urea groups is 1. The maximum Gasteiger partial charge on any atom is 0.317 e. The standard InChI is InChI=1S/C23H30N4O3/c1-26(18-20-5-3-2-4-6-20)23(29)24-12-11-22(28)25-17-19-7-9-21(10-8-19)27-13-15-30-16-14-27/h2-10H,11-18H2,1H3,(H,24,29)(H,25,28). The van der Waals surface area contributed by atoms with E-state index in [1.54, 1.807) is 11.9 Å². The van der Waals surface area contributed by atoms with Crippen molar-refractivity contribution < 1.29 is 14.3 Å². The van der Waals surface area contributed by atoms with Crippen molar-refractivity contribution >= 4 is 17.6 Å². The fourth-order valence-corrected chi connectivity index (χ4v) is 3.28. The fourth-order valence-electron chi connectivity index (χ4n) is 3.28. The lowest BCUT2D eigenvalue weighted by Gasteiger charge is -2.28. The molecule has 3 rings (SSSR count). The lowest BCUT2D eigenvalue weighted by molar-refractivity contribution is -0.121. The van der Waals surface area contributed by atoms with Crippen molar-refractivity contribution in [3.8, 4) is 0 Å². The summed E-state index contributed by atoms with van der Waals surface area (Å²) in [5.74, 6) is -0.0849. The third-order valence-electron chi connectivity index (χ3n) is 5.04. The highest BCUT2D eigenvalue weighted by Gasteiger charge is 2.11. The van der Waals surface area contributed by atoms with E-state index in [1.807, 2.05) is 42.5 Å². The lowest BCUT2D eigenvalue weighted by atomic mass is 10.2. The Bertz CT molecular complexity index is 805. The molecule has 0 unspecified atom stereocenters. The summed E-state index contributed by atoms with van der Waals surface area (Å²) in [6.45, 7) is 4.64. The van der Waals surface area contributed by atoms with E-state index in [0.29, 0.717) is 19.6 Å². The smallest absolute Gasteiger partial charge is 0.317 e. The van der Waals surface area contributed by atoms with E-state index in [4.69, 9.17) is 4.74 Å². The molecule has 0 aliphatic carbocycles. The number of anilines is 1. The predicted octanol–water partition coefficient (Wildman–Crippen LogP) is 2.37. The van der Waals surface area contributed by atoms with E-state index in [9.17, 15) is 9.59 Å². The van der Waals surface area contributed by atoms with Gasteiger partial charge in [0.05, 0.1) is 13.2 Å². The minimum absolute atomic E-state index is 0.0849. The third-order valence-corrected chi connectivity index (χ3v) is 5.04. The molecule has 7 nitrogen and oxygen atoms in total. The van der Waals surface area contributed by atoms with Crippen LogP contribution < -0.4 is 15.5 Å². The second-order valence-electron chi connectivity index (χ2n) is 7.37. The fraction of sp³-hybridized carbons (Fsp3) is 0.391. The molecule has 0 aromatic heterocycles. The molecule has 0 atom stereocenters. The lowest BCUT2D eigenvalue weighted by Crippen LogP contribution is -2.38. The largest absolute Gasteiger partial charge is 0.378 e.